The fraction of sp³-hybridized carbons (Fsp3) is 0.938. The lowest BCUT2D eigenvalue weighted by Gasteiger charge is -2.39. The summed E-state index contributed by atoms with van der Waals surface area (Å²) in [5.41, 5.74) is -0.00286. The van der Waals surface area contributed by atoms with E-state index in [4.69, 9.17) is 5.26 Å². The molecule has 2 aliphatic rings. The van der Waals surface area contributed by atoms with Crippen LogP contribution >= 0.6 is 0 Å². The Kier molecular flexibility index (Phi) is 4.13. The van der Waals surface area contributed by atoms with Crippen molar-refractivity contribution in [2.75, 3.05) is 0 Å². The Morgan fingerprint density at radius 2 is 1.53 bits per heavy atom. The Morgan fingerprint density at radius 1 is 1.00 bits per heavy atom. The van der Waals surface area contributed by atoms with E-state index in [-0.39, 0.29) is 5.41 Å². The summed E-state index contributed by atoms with van der Waals surface area (Å²) in [7, 11) is 0. The lowest BCUT2D eigenvalue weighted by atomic mass is 9.65. The highest BCUT2D eigenvalue weighted by Gasteiger charge is 2.35. The molecule has 0 saturated heterocycles. The van der Waals surface area contributed by atoms with E-state index in [9.17, 15) is 0 Å². The second-order valence-electron chi connectivity index (χ2n) is 6.70. The molecular formula is C16H27N. The first-order chi connectivity index (χ1) is 8.17. The average molecular weight is 233 g/mol. The predicted octanol–water partition coefficient (Wildman–Crippen LogP) is 4.92. The van der Waals surface area contributed by atoms with Crippen molar-refractivity contribution in [2.45, 2.75) is 71.6 Å². The zero-order chi connectivity index (χ0) is 12.3. The molecule has 0 unspecified atom stereocenters. The van der Waals surface area contributed by atoms with E-state index in [0.717, 1.165) is 30.6 Å². The van der Waals surface area contributed by atoms with Crippen molar-refractivity contribution in [2.24, 2.45) is 23.2 Å². The van der Waals surface area contributed by atoms with Crippen LogP contribution in [0.5, 0.6) is 0 Å². The predicted molar refractivity (Wildman–Crippen MR) is 71.4 cm³/mol. The lowest BCUT2D eigenvalue weighted by molar-refractivity contribution is 0.129. The maximum atomic E-state index is 9.16. The molecule has 0 amide bonds. The molecule has 0 aromatic rings. The molecule has 1 nitrogen and oxygen atoms in total. The van der Waals surface area contributed by atoms with Crippen LogP contribution in [-0.4, -0.2) is 0 Å². The first-order valence-corrected chi connectivity index (χ1v) is 7.58. The van der Waals surface area contributed by atoms with Crippen LogP contribution in [0.25, 0.3) is 0 Å². The minimum atomic E-state index is -0.00286. The zero-order valence-corrected chi connectivity index (χ0v) is 11.5. The molecule has 0 heterocycles. The molecule has 1 heteroatoms. The van der Waals surface area contributed by atoms with Gasteiger partial charge in [-0.25, -0.2) is 0 Å². The van der Waals surface area contributed by atoms with Gasteiger partial charge in [0.25, 0.3) is 0 Å². The number of nitriles is 1. The van der Waals surface area contributed by atoms with Gasteiger partial charge in [0.05, 0.1) is 11.5 Å². The van der Waals surface area contributed by atoms with Crippen LogP contribution in [0.4, 0.5) is 0 Å². The SMILES string of the molecule is CCC1CCC(C2CCC(C)(C#N)CC2)CC1. The zero-order valence-electron chi connectivity index (χ0n) is 11.5. The fourth-order valence-electron chi connectivity index (χ4n) is 3.93. The number of nitrogens with zero attached hydrogens (tertiary/aromatic N) is 1. The summed E-state index contributed by atoms with van der Waals surface area (Å²) in [6.45, 7) is 4.49. The van der Waals surface area contributed by atoms with Crippen molar-refractivity contribution in [1.82, 2.24) is 0 Å². The van der Waals surface area contributed by atoms with Crippen LogP contribution in [0.15, 0.2) is 0 Å². The van der Waals surface area contributed by atoms with E-state index in [1.165, 1.54) is 44.9 Å². The Bertz CT molecular complexity index is 272. The van der Waals surface area contributed by atoms with Crippen LogP contribution in [0.1, 0.15) is 71.6 Å². The molecule has 0 N–H and O–H groups in total. The summed E-state index contributed by atoms with van der Waals surface area (Å²) >= 11 is 0. The van der Waals surface area contributed by atoms with Crippen molar-refractivity contribution in [3.8, 4) is 6.07 Å². The molecule has 0 bridgehead atoms. The van der Waals surface area contributed by atoms with Gasteiger partial charge in [0.15, 0.2) is 0 Å². The van der Waals surface area contributed by atoms with Gasteiger partial charge in [-0.05, 0) is 63.2 Å². The van der Waals surface area contributed by atoms with Gasteiger partial charge in [-0.15, -0.1) is 0 Å². The summed E-state index contributed by atoms with van der Waals surface area (Å²) in [6, 6.07) is 2.52. The Morgan fingerprint density at radius 3 is 2.00 bits per heavy atom. The molecule has 0 spiro atoms. The molecule has 2 aliphatic carbocycles. The third kappa shape index (κ3) is 3.03. The maximum Gasteiger partial charge on any atom is 0.0686 e. The monoisotopic (exact) mass is 233 g/mol. The van der Waals surface area contributed by atoms with Crippen molar-refractivity contribution < 1.29 is 0 Å². The van der Waals surface area contributed by atoms with Crippen LogP contribution < -0.4 is 0 Å². The molecule has 96 valence electrons. The summed E-state index contributed by atoms with van der Waals surface area (Å²) in [6.07, 6.45) is 12.1. The highest BCUT2D eigenvalue weighted by atomic mass is 14.4. The third-order valence-electron chi connectivity index (χ3n) is 5.54. The minimum Gasteiger partial charge on any atom is -0.198 e. The summed E-state index contributed by atoms with van der Waals surface area (Å²) in [4.78, 5) is 0. The second-order valence-corrected chi connectivity index (χ2v) is 6.70. The lowest BCUT2D eigenvalue weighted by Crippen LogP contribution is -2.29. The first kappa shape index (κ1) is 12.9. The first-order valence-electron chi connectivity index (χ1n) is 7.58. The normalized spacial score (nSPS) is 43.0. The summed E-state index contributed by atoms with van der Waals surface area (Å²) in [5, 5.41) is 9.16. The Hall–Kier alpha value is -0.510. The van der Waals surface area contributed by atoms with E-state index >= 15 is 0 Å². The molecule has 0 aliphatic heterocycles. The van der Waals surface area contributed by atoms with E-state index in [2.05, 4.69) is 19.9 Å². The van der Waals surface area contributed by atoms with Crippen LogP contribution in [0.2, 0.25) is 0 Å². The molecule has 2 rings (SSSR count). The number of hydrogen-bond acceptors (Lipinski definition) is 1. The quantitative estimate of drug-likeness (QED) is 0.664. The number of hydrogen-bond donors (Lipinski definition) is 0. The van der Waals surface area contributed by atoms with Crippen LogP contribution in [0, 0.1) is 34.5 Å². The third-order valence-corrected chi connectivity index (χ3v) is 5.54. The van der Waals surface area contributed by atoms with Gasteiger partial charge < -0.3 is 0 Å². The molecule has 2 fully saturated rings. The summed E-state index contributed by atoms with van der Waals surface area (Å²) < 4.78 is 0. The summed E-state index contributed by atoms with van der Waals surface area (Å²) in [5.74, 6) is 2.94. The fourth-order valence-corrected chi connectivity index (χ4v) is 3.93. The van der Waals surface area contributed by atoms with Crippen LogP contribution in [-0.2, 0) is 0 Å². The molecule has 17 heavy (non-hydrogen) atoms. The molecule has 0 aromatic heterocycles. The van der Waals surface area contributed by atoms with Gasteiger partial charge in [0.2, 0.25) is 0 Å². The average Bonchev–Trinajstić information content (AvgIpc) is 2.40. The standard InChI is InChI=1S/C16H27N/c1-3-13-4-6-14(7-5-13)15-8-10-16(2,12-17)11-9-15/h13-15H,3-11H2,1-2H3. The highest BCUT2D eigenvalue weighted by molar-refractivity contribution is 4.99. The van der Waals surface area contributed by atoms with Gasteiger partial charge in [-0.2, -0.15) is 5.26 Å². The van der Waals surface area contributed by atoms with Crippen molar-refractivity contribution >= 4 is 0 Å². The van der Waals surface area contributed by atoms with Crippen molar-refractivity contribution in [3.63, 3.8) is 0 Å². The van der Waals surface area contributed by atoms with Crippen molar-refractivity contribution in [1.29, 1.82) is 5.26 Å². The topological polar surface area (TPSA) is 23.8 Å². The molecule has 0 atom stereocenters. The minimum absolute atomic E-state index is 0.00286. The van der Waals surface area contributed by atoms with Gasteiger partial charge in [0, 0.05) is 0 Å². The Labute approximate surface area is 107 Å². The van der Waals surface area contributed by atoms with E-state index in [0.29, 0.717) is 0 Å². The van der Waals surface area contributed by atoms with Gasteiger partial charge in [-0.3, -0.25) is 0 Å². The Balaban J connectivity index is 1.80. The van der Waals surface area contributed by atoms with E-state index in [1.807, 2.05) is 0 Å². The van der Waals surface area contributed by atoms with Gasteiger partial charge >= 0.3 is 0 Å². The van der Waals surface area contributed by atoms with Crippen molar-refractivity contribution in [3.05, 3.63) is 0 Å². The highest BCUT2D eigenvalue weighted by Crippen LogP contribution is 2.45. The van der Waals surface area contributed by atoms with E-state index < -0.39 is 0 Å². The molecule has 2 saturated carbocycles. The van der Waals surface area contributed by atoms with Gasteiger partial charge in [0.1, 0.15) is 0 Å². The number of rotatable bonds is 2. The van der Waals surface area contributed by atoms with E-state index in [1.54, 1.807) is 0 Å². The van der Waals surface area contributed by atoms with Gasteiger partial charge in [-0.1, -0.05) is 26.2 Å². The maximum absolute atomic E-state index is 9.16. The molecule has 0 radical (unpaired) electrons. The largest absolute Gasteiger partial charge is 0.198 e. The second kappa shape index (κ2) is 5.42. The van der Waals surface area contributed by atoms with Crippen LogP contribution in [0.3, 0.4) is 0 Å². The molecule has 0 aromatic carbocycles. The smallest absolute Gasteiger partial charge is 0.0686 e. The molecular weight excluding hydrogens is 206 g/mol.